The van der Waals surface area contributed by atoms with Crippen molar-refractivity contribution in [3.63, 3.8) is 0 Å². The molecule has 0 saturated heterocycles. The van der Waals surface area contributed by atoms with Crippen LogP contribution >= 0.6 is 0 Å². The van der Waals surface area contributed by atoms with Crippen LogP contribution in [0.5, 0.6) is 0 Å². The average molecular weight is 246 g/mol. The van der Waals surface area contributed by atoms with Gasteiger partial charge in [-0.1, -0.05) is 6.08 Å². The van der Waals surface area contributed by atoms with Crippen molar-refractivity contribution in [3.8, 4) is 0 Å². The molecule has 0 radical (unpaired) electrons. The van der Waals surface area contributed by atoms with Crippen LogP contribution in [0.4, 0.5) is 4.39 Å². The van der Waals surface area contributed by atoms with Crippen molar-refractivity contribution >= 4 is 11.9 Å². The Morgan fingerprint density at radius 3 is 2.00 bits per heavy atom. The third-order valence-electron chi connectivity index (χ3n) is 1.93. The second-order valence-electron chi connectivity index (χ2n) is 3.24. The molecular formula is C12H19FO4. The first-order valence-electron chi connectivity index (χ1n) is 5.77. The summed E-state index contributed by atoms with van der Waals surface area (Å²) in [4.78, 5) is 22.9. The Balaban J connectivity index is 4.48. The van der Waals surface area contributed by atoms with Crippen LogP contribution in [-0.2, 0) is 19.1 Å². The van der Waals surface area contributed by atoms with E-state index in [4.69, 9.17) is 9.47 Å². The summed E-state index contributed by atoms with van der Waals surface area (Å²) in [6, 6.07) is 0. The lowest BCUT2D eigenvalue weighted by atomic mass is 10.1. The summed E-state index contributed by atoms with van der Waals surface area (Å²) in [5, 5.41) is 0. The summed E-state index contributed by atoms with van der Waals surface area (Å²) in [6.45, 7) is 3.30. The molecule has 0 aromatic heterocycles. The van der Waals surface area contributed by atoms with E-state index >= 15 is 0 Å². The third kappa shape index (κ3) is 6.71. The van der Waals surface area contributed by atoms with Gasteiger partial charge < -0.3 is 9.47 Å². The minimum atomic E-state index is -0.689. The molecule has 5 heteroatoms. The van der Waals surface area contributed by atoms with E-state index in [1.54, 1.807) is 13.8 Å². The van der Waals surface area contributed by atoms with Gasteiger partial charge in [0.15, 0.2) is 0 Å². The lowest BCUT2D eigenvalue weighted by Gasteiger charge is -2.06. The van der Waals surface area contributed by atoms with Gasteiger partial charge in [-0.2, -0.15) is 0 Å². The maximum atomic E-state index is 11.9. The smallest absolute Gasteiger partial charge is 0.345 e. The van der Waals surface area contributed by atoms with Crippen LogP contribution < -0.4 is 0 Å². The Kier molecular flexibility index (Phi) is 9.01. The Labute approximate surface area is 101 Å². The van der Waals surface area contributed by atoms with Crippen LogP contribution in [0.3, 0.4) is 0 Å². The number of carbonyl (C=O) groups excluding carboxylic acids is 2. The zero-order chi connectivity index (χ0) is 13.1. The van der Waals surface area contributed by atoms with E-state index in [1.165, 1.54) is 6.08 Å². The minimum absolute atomic E-state index is 0.104. The molecule has 98 valence electrons. The number of alkyl halides is 1. The number of ether oxygens (including phenoxy) is 2. The Hall–Kier alpha value is -1.39. The molecule has 0 spiro atoms. The highest BCUT2D eigenvalue weighted by Gasteiger charge is 2.20. The lowest BCUT2D eigenvalue weighted by molar-refractivity contribution is -0.146. The van der Waals surface area contributed by atoms with E-state index in [9.17, 15) is 14.0 Å². The largest absolute Gasteiger partial charge is 0.462 e. The maximum Gasteiger partial charge on any atom is 0.345 e. The van der Waals surface area contributed by atoms with Gasteiger partial charge in [0.1, 0.15) is 5.57 Å². The van der Waals surface area contributed by atoms with E-state index in [0.29, 0.717) is 19.3 Å². The number of carbonyl (C=O) groups is 2. The number of hydrogen-bond acceptors (Lipinski definition) is 4. The van der Waals surface area contributed by atoms with Gasteiger partial charge in [0.2, 0.25) is 0 Å². The van der Waals surface area contributed by atoms with E-state index in [0.717, 1.165) is 0 Å². The zero-order valence-corrected chi connectivity index (χ0v) is 10.3. The lowest BCUT2D eigenvalue weighted by Crippen LogP contribution is -2.18. The zero-order valence-electron chi connectivity index (χ0n) is 10.3. The van der Waals surface area contributed by atoms with Crippen molar-refractivity contribution in [2.24, 2.45) is 0 Å². The van der Waals surface area contributed by atoms with Crippen LogP contribution in [0.1, 0.15) is 33.1 Å². The molecule has 4 nitrogen and oxygen atoms in total. The summed E-state index contributed by atoms with van der Waals surface area (Å²) >= 11 is 0. The molecular weight excluding hydrogens is 227 g/mol. The maximum absolute atomic E-state index is 11.9. The topological polar surface area (TPSA) is 52.6 Å². The number of rotatable bonds is 8. The number of hydrogen-bond donors (Lipinski definition) is 0. The van der Waals surface area contributed by atoms with Gasteiger partial charge in [0.05, 0.1) is 19.9 Å². The highest BCUT2D eigenvalue weighted by Crippen LogP contribution is 2.07. The van der Waals surface area contributed by atoms with Crippen molar-refractivity contribution in [1.82, 2.24) is 0 Å². The van der Waals surface area contributed by atoms with Crippen molar-refractivity contribution in [1.29, 1.82) is 0 Å². The Morgan fingerprint density at radius 1 is 1.06 bits per heavy atom. The van der Waals surface area contributed by atoms with Gasteiger partial charge in [-0.25, -0.2) is 9.59 Å². The fourth-order valence-electron chi connectivity index (χ4n) is 1.15. The molecule has 0 aliphatic rings. The SMILES string of the molecule is CCOC(=O)C(=CCCCCF)C(=O)OCC. The third-order valence-corrected chi connectivity index (χ3v) is 1.93. The first-order chi connectivity index (χ1) is 8.17. The van der Waals surface area contributed by atoms with Gasteiger partial charge in [-0.15, -0.1) is 0 Å². The predicted molar refractivity (Wildman–Crippen MR) is 61.2 cm³/mol. The highest BCUT2D eigenvalue weighted by molar-refractivity contribution is 6.14. The second-order valence-corrected chi connectivity index (χ2v) is 3.24. The van der Waals surface area contributed by atoms with Gasteiger partial charge in [-0.05, 0) is 33.1 Å². The molecule has 17 heavy (non-hydrogen) atoms. The number of esters is 2. The molecule has 0 amide bonds. The summed E-state index contributed by atoms with van der Waals surface area (Å²) in [6.07, 6.45) is 2.90. The Morgan fingerprint density at radius 2 is 1.59 bits per heavy atom. The standard InChI is InChI=1S/C12H19FO4/c1-3-16-11(14)10(12(15)17-4-2)8-6-5-7-9-13/h8H,3-7,9H2,1-2H3. The number of allylic oxidation sites excluding steroid dienone is 1. The van der Waals surface area contributed by atoms with Crippen molar-refractivity contribution in [2.45, 2.75) is 33.1 Å². The molecule has 0 unspecified atom stereocenters. The molecule has 0 aliphatic heterocycles. The molecule has 0 N–H and O–H groups in total. The fourth-order valence-corrected chi connectivity index (χ4v) is 1.15. The molecule has 0 aliphatic carbocycles. The van der Waals surface area contributed by atoms with Gasteiger partial charge in [0, 0.05) is 0 Å². The van der Waals surface area contributed by atoms with E-state index in [2.05, 4.69) is 0 Å². The van der Waals surface area contributed by atoms with Crippen LogP contribution in [0.2, 0.25) is 0 Å². The monoisotopic (exact) mass is 246 g/mol. The summed E-state index contributed by atoms with van der Waals surface area (Å²) in [7, 11) is 0. The normalized spacial score (nSPS) is 9.59. The summed E-state index contributed by atoms with van der Waals surface area (Å²) < 4.78 is 21.4. The van der Waals surface area contributed by atoms with E-state index in [-0.39, 0.29) is 18.8 Å². The van der Waals surface area contributed by atoms with Crippen LogP contribution in [0, 0.1) is 0 Å². The molecule has 0 saturated carbocycles. The van der Waals surface area contributed by atoms with Gasteiger partial charge in [0.25, 0.3) is 0 Å². The highest BCUT2D eigenvalue weighted by atomic mass is 19.1. The van der Waals surface area contributed by atoms with Crippen LogP contribution in [-0.4, -0.2) is 31.8 Å². The Bertz CT molecular complexity index is 254. The molecule has 0 fully saturated rings. The molecule has 0 heterocycles. The molecule has 0 atom stereocenters. The van der Waals surface area contributed by atoms with Gasteiger partial charge in [-0.3, -0.25) is 4.39 Å². The van der Waals surface area contributed by atoms with Crippen LogP contribution in [0.25, 0.3) is 0 Å². The van der Waals surface area contributed by atoms with Crippen molar-refractivity contribution in [3.05, 3.63) is 11.6 Å². The second kappa shape index (κ2) is 9.81. The molecule has 0 aromatic carbocycles. The average Bonchev–Trinajstić information content (AvgIpc) is 2.29. The molecule has 0 aromatic rings. The fraction of sp³-hybridized carbons (Fsp3) is 0.667. The van der Waals surface area contributed by atoms with Crippen LogP contribution in [0.15, 0.2) is 11.6 Å². The van der Waals surface area contributed by atoms with Gasteiger partial charge >= 0.3 is 11.9 Å². The van der Waals surface area contributed by atoms with E-state index in [1.807, 2.05) is 0 Å². The number of halogens is 1. The number of unbranched alkanes of at least 4 members (excludes halogenated alkanes) is 2. The first kappa shape index (κ1) is 15.6. The predicted octanol–water partition coefficient (Wildman–Crippen LogP) is 2.18. The quantitative estimate of drug-likeness (QED) is 0.216. The summed E-state index contributed by atoms with van der Waals surface area (Å²) in [5.74, 6) is -1.38. The first-order valence-corrected chi connectivity index (χ1v) is 5.77. The summed E-state index contributed by atoms with van der Waals surface area (Å²) in [5.41, 5.74) is -0.104. The molecule has 0 bridgehead atoms. The van der Waals surface area contributed by atoms with E-state index < -0.39 is 18.6 Å². The van der Waals surface area contributed by atoms with Crippen molar-refractivity contribution in [2.75, 3.05) is 19.9 Å². The minimum Gasteiger partial charge on any atom is -0.462 e. The molecule has 0 rings (SSSR count). The van der Waals surface area contributed by atoms with Crippen molar-refractivity contribution < 1.29 is 23.5 Å².